The molecule has 0 aliphatic heterocycles. The van der Waals surface area contributed by atoms with Gasteiger partial charge in [0.1, 0.15) is 5.75 Å². The summed E-state index contributed by atoms with van der Waals surface area (Å²) in [5.74, 6) is 0.856. The molecule has 0 aliphatic rings. The van der Waals surface area contributed by atoms with Crippen molar-refractivity contribution in [3.05, 3.63) is 52.1 Å². The molecule has 0 saturated heterocycles. The van der Waals surface area contributed by atoms with Gasteiger partial charge in [-0.3, -0.25) is 0 Å². The Bertz CT molecular complexity index is 817. The molecular formula is C16H14Cl2N2O. The number of aryl methyl sites for hydroxylation is 1. The number of methoxy groups -OCH3 is 1. The van der Waals surface area contributed by atoms with E-state index in [0.29, 0.717) is 15.7 Å². The second-order valence-corrected chi connectivity index (χ2v) is 5.66. The largest absolute Gasteiger partial charge is 0.496 e. The van der Waals surface area contributed by atoms with E-state index >= 15 is 0 Å². The third-order valence-corrected chi connectivity index (χ3v) is 4.17. The molecule has 0 saturated carbocycles. The first-order valence-electron chi connectivity index (χ1n) is 6.42. The van der Waals surface area contributed by atoms with Crippen molar-refractivity contribution in [3.8, 4) is 11.4 Å². The van der Waals surface area contributed by atoms with E-state index in [1.54, 1.807) is 19.2 Å². The lowest BCUT2D eigenvalue weighted by Crippen LogP contribution is -1.97. The highest BCUT2D eigenvalue weighted by molar-refractivity contribution is 6.38. The summed E-state index contributed by atoms with van der Waals surface area (Å²) in [6.07, 6.45) is 1.94. The standard InChI is InChI=1S/C16H14Cl2N2O/c1-9-11-5-6-20(14(11)3-4-15(9)21-2)16-12(17)7-10(19)8-13(16)18/h3-8H,19H2,1-2H3. The normalized spacial score (nSPS) is 11.0. The Kier molecular flexibility index (Phi) is 3.47. The van der Waals surface area contributed by atoms with Crippen LogP contribution in [0.4, 0.5) is 5.69 Å². The first-order chi connectivity index (χ1) is 10.0. The molecule has 0 amide bonds. The van der Waals surface area contributed by atoms with Crippen LogP contribution < -0.4 is 10.5 Å². The van der Waals surface area contributed by atoms with Crippen molar-refractivity contribution >= 4 is 39.8 Å². The Morgan fingerprint density at radius 3 is 2.38 bits per heavy atom. The number of fused-ring (bicyclic) bond motifs is 1. The van der Waals surface area contributed by atoms with E-state index in [0.717, 1.165) is 27.9 Å². The smallest absolute Gasteiger partial charge is 0.122 e. The van der Waals surface area contributed by atoms with Crippen molar-refractivity contribution in [2.24, 2.45) is 0 Å². The Hall–Kier alpha value is -1.84. The maximum Gasteiger partial charge on any atom is 0.122 e. The maximum atomic E-state index is 6.31. The van der Waals surface area contributed by atoms with Gasteiger partial charge in [-0.1, -0.05) is 23.2 Å². The number of nitrogens with two attached hydrogens (primary N) is 1. The number of rotatable bonds is 2. The molecule has 3 rings (SSSR count). The number of ether oxygens (including phenoxy) is 1. The number of hydrogen-bond donors (Lipinski definition) is 1. The predicted octanol–water partition coefficient (Wildman–Crippen LogP) is 4.84. The van der Waals surface area contributed by atoms with Crippen molar-refractivity contribution in [3.63, 3.8) is 0 Å². The van der Waals surface area contributed by atoms with Gasteiger partial charge in [0.15, 0.2) is 0 Å². The molecule has 5 heteroatoms. The molecule has 0 radical (unpaired) electrons. The van der Waals surface area contributed by atoms with Gasteiger partial charge in [0, 0.05) is 22.8 Å². The topological polar surface area (TPSA) is 40.2 Å². The molecule has 1 heterocycles. The molecule has 3 aromatic rings. The highest BCUT2D eigenvalue weighted by atomic mass is 35.5. The van der Waals surface area contributed by atoms with Gasteiger partial charge in [-0.25, -0.2) is 0 Å². The van der Waals surface area contributed by atoms with Crippen LogP contribution in [0.5, 0.6) is 5.75 Å². The average Bonchev–Trinajstić information content (AvgIpc) is 2.83. The lowest BCUT2D eigenvalue weighted by Gasteiger charge is -2.12. The fourth-order valence-corrected chi connectivity index (χ4v) is 3.26. The minimum atomic E-state index is 0.519. The zero-order chi connectivity index (χ0) is 15.1. The van der Waals surface area contributed by atoms with Gasteiger partial charge < -0.3 is 15.0 Å². The van der Waals surface area contributed by atoms with E-state index in [9.17, 15) is 0 Å². The number of benzene rings is 2. The van der Waals surface area contributed by atoms with Crippen LogP contribution in [0.3, 0.4) is 0 Å². The van der Waals surface area contributed by atoms with Crippen LogP contribution in [0, 0.1) is 6.92 Å². The second-order valence-electron chi connectivity index (χ2n) is 4.84. The van der Waals surface area contributed by atoms with Crippen molar-refractivity contribution in [2.75, 3.05) is 12.8 Å². The average molecular weight is 321 g/mol. The van der Waals surface area contributed by atoms with E-state index in [-0.39, 0.29) is 0 Å². The van der Waals surface area contributed by atoms with Crippen LogP contribution in [-0.2, 0) is 0 Å². The van der Waals surface area contributed by atoms with Gasteiger partial charge in [-0.05, 0) is 37.3 Å². The van der Waals surface area contributed by atoms with Crippen LogP contribution in [0.15, 0.2) is 36.5 Å². The Labute approximate surface area is 132 Å². The third kappa shape index (κ3) is 2.23. The summed E-state index contributed by atoms with van der Waals surface area (Å²) in [7, 11) is 1.67. The lowest BCUT2D eigenvalue weighted by molar-refractivity contribution is 0.412. The summed E-state index contributed by atoms with van der Waals surface area (Å²) in [4.78, 5) is 0. The number of hydrogen-bond acceptors (Lipinski definition) is 2. The van der Waals surface area contributed by atoms with Crippen LogP contribution in [0.25, 0.3) is 16.6 Å². The molecule has 2 N–H and O–H groups in total. The predicted molar refractivity (Wildman–Crippen MR) is 89.0 cm³/mol. The molecule has 0 aliphatic carbocycles. The van der Waals surface area contributed by atoms with Gasteiger partial charge in [-0.2, -0.15) is 0 Å². The molecular weight excluding hydrogens is 307 g/mol. The lowest BCUT2D eigenvalue weighted by atomic mass is 10.1. The zero-order valence-electron chi connectivity index (χ0n) is 11.7. The Morgan fingerprint density at radius 2 is 1.76 bits per heavy atom. The highest BCUT2D eigenvalue weighted by Crippen LogP contribution is 2.36. The maximum absolute atomic E-state index is 6.31. The summed E-state index contributed by atoms with van der Waals surface area (Å²) in [5.41, 5.74) is 9.13. The van der Waals surface area contributed by atoms with Crippen LogP contribution >= 0.6 is 23.2 Å². The van der Waals surface area contributed by atoms with Gasteiger partial charge in [0.05, 0.1) is 28.4 Å². The molecule has 108 valence electrons. The van der Waals surface area contributed by atoms with Gasteiger partial charge in [0.25, 0.3) is 0 Å². The molecule has 21 heavy (non-hydrogen) atoms. The van der Waals surface area contributed by atoms with Crippen molar-refractivity contribution in [1.29, 1.82) is 0 Å². The first kappa shape index (κ1) is 14.1. The van der Waals surface area contributed by atoms with E-state index in [1.807, 2.05) is 35.9 Å². The van der Waals surface area contributed by atoms with E-state index in [2.05, 4.69) is 0 Å². The number of aromatic nitrogens is 1. The van der Waals surface area contributed by atoms with Gasteiger partial charge in [0.2, 0.25) is 0 Å². The third-order valence-electron chi connectivity index (χ3n) is 3.59. The van der Waals surface area contributed by atoms with Crippen LogP contribution in [-0.4, -0.2) is 11.7 Å². The van der Waals surface area contributed by atoms with Crippen molar-refractivity contribution < 1.29 is 4.74 Å². The number of halogens is 2. The van der Waals surface area contributed by atoms with E-state index < -0.39 is 0 Å². The summed E-state index contributed by atoms with van der Waals surface area (Å²) < 4.78 is 7.32. The van der Waals surface area contributed by atoms with Gasteiger partial charge in [-0.15, -0.1) is 0 Å². The van der Waals surface area contributed by atoms with Crippen LogP contribution in [0.1, 0.15) is 5.56 Å². The molecule has 0 bridgehead atoms. The summed E-state index contributed by atoms with van der Waals surface area (Å²) >= 11 is 12.6. The minimum Gasteiger partial charge on any atom is -0.496 e. The summed E-state index contributed by atoms with van der Waals surface area (Å²) in [5, 5.41) is 2.13. The van der Waals surface area contributed by atoms with Crippen molar-refractivity contribution in [2.45, 2.75) is 6.92 Å². The molecule has 1 aromatic heterocycles. The molecule has 0 unspecified atom stereocenters. The van der Waals surface area contributed by atoms with E-state index in [1.165, 1.54) is 0 Å². The number of nitrogens with zero attached hydrogens (tertiary/aromatic N) is 1. The first-order valence-corrected chi connectivity index (χ1v) is 7.18. The molecule has 0 fully saturated rings. The molecule has 0 spiro atoms. The number of nitrogen functional groups attached to an aromatic ring is 1. The minimum absolute atomic E-state index is 0.519. The van der Waals surface area contributed by atoms with Gasteiger partial charge >= 0.3 is 0 Å². The highest BCUT2D eigenvalue weighted by Gasteiger charge is 2.14. The second kappa shape index (κ2) is 5.17. The van der Waals surface area contributed by atoms with Crippen molar-refractivity contribution in [1.82, 2.24) is 4.57 Å². The Morgan fingerprint density at radius 1 is 1.10 bits per heavy atom. The summed E-state index contributed by atoms with van der Waals surface area (Å²) in [6, 6.07) is 9.35. The quantitative estimate of drug-likeness (QED) is 0.686. The SMILES string of the molecule is COc1ccc2c(ccn2-c2c(Cl)cc(N)cc2Cl)c1C. The zero-order valence-corrected chi connectivity index (χ0v) is 13.2. The molecule has 3 nitrogen and oxygen atoms in total. The van der Waals surface area contributed by atoms with E-state index in [4.69, 9.17) is 33.7 Å². The monoisotopic (exact) mass is 320 g/mol. The molecule has 0 atom stereocenters. The number of anilines is 1. The van der Waals surface area contributed by atoms with Crippen LogP contribution in [0.2, 0.25) is 10.0 Å². The fraction of sp³-hybridized carbons (Fsp3) is 0.125. The Balaban J connectivity index is 2.30. The molecule has 2 aromatic carbocycles. The summed E-state index contributed by atoms with van der Waals surface area (Å²) in [6.45, 7) is 2.03. The fourth-order valence-electron chi connectivity index (χ4n) is 2.58.